The quantitative estimate of drug-likeness (QED) is 0.155. The number of benzene rings is 2. The van der Waals surface area contributed by atoms with E-state index in [0.717, 1.165) is 18.2 Å². The van der Waals surface area contributed by atoms with Gasteiger partial charge in [0.25, 0.3) is 24.4 Å². The van der Waals surface area contributed by atoms with Crippen LogP contribution in [0.25, 0.3) is 5.65 Å². The zero-order chi connectivity index (χ0) is 26.1. The molecule has 0 saturated heterocycles. The second-order valence-corrected chi connectivity index (χ2v) is 7.95. The maximum absolute atomic E-state index is 13.4. The highest BCUT2D eigenvalue weighted by Gasteiger charge is 2.23. The number of nitrogens with one attached hydrogen (secondary N) is 1. The first-order valence-corrected chi connectivity index (χ1v) is 10.5. The first-order valence-electron chi connectivity index (χ1n) is 9.72. The summed E-state index contributed by atoms with van der Waals surface area (Å²) in [7, 11) is 0. The number of rotatable bonds is 7. The number of nitrogens with zero attached hydrogens (tertiary/aromatic N) is 4. The van der Waals surface area contributed by atoms with Gasteiger partial charge in [0.1, 0.15) is 22.9 Å². The van der Waals surface area contributed by atoms with Gasteiger partial charge in [-0.05, 0) is 24.3 Å². The number of carbonyl (C=O) groups excluding carboxylic acids is 1. The van der Waals surface area contributed by atoms with Crippen molar-refractivity contribution in [2.75, 3.05) is 5.32 Å². The van der Waals surface area contributed by atoms with E-state index in [2.05, 4.69) is 15.4 Å². The fourth-order valence-electron chi connectivity index (χ4n) is 3.10. The molecule has 0 bridgehead atoms. The second kappa shape index (κ2) is 9.95. The zero-order valence-electron chi connectivity index (χ0n) is 17.5. The van der Waals surface area contributed by atoms with E-state index in [0.29, 0.717) is 15.6 Å². The lowest BCUT2D eigenvalue weighted by Crippen LogP contribution is -2.13. The molecule has 2 aromatic carbocycles. The normalized spacial score (nSPS) is 11.3. The highest BCUT2D eigenvalue weighted by molar-refractivity contribution is 6.35. The first-order chi connectivity index (χ1) is 17.0. The third-order valence-corrected chi connectivity index (χ3v) is 5.17. The smallest absolute Gasteiger partial charge is 0.280 e. The molecule has 4 rings (SSSR count). The van der Waals surface area contributed by atoms with E-state index < -0.39 is 52.1 Å². The minimum atomic E-state index is -3.18. The van der Waals surface area contributed by atoms with Crippen LogP contribution in [0.15, 0.2) is 48.5 Å². The largest absolute Gasteiger partial charge is 0.455 e. The number of hydrogen-bond acceptors (Lipinski definition) is 6. The molecular formula is C21H11Cl2F4N5O4. The number of nitro benzene ring substituents is 1. The lowest BCUT2D eigenvalue weighted by molar-refractivity contribution is -0.384. The van der Waals surface area contributed by atoms with Crippen LogP contribution in [0.3, 0.4) is 0 Å². The summed E-state index contributed by atoms with van der Waals surface area (Å²) in [5, 5.41) is 17.9. The summed E-state index contributed by atoms with van der Waals surface area (Å²) in [6, 6.07) is 9.05. The van der Waals surface area contributed by atoms with Gasteiger partial charge < -0.3 is 10.1 Å². The zero-order valence-corrected chi connectivity index (χ0v) is 19.0. The van der Waals surface area contributed by atoms with Gasteiger partial charge in [-0.15, -0.1) is 0 Å². The van der Waals surface area contributed by atoms with Crippen LogP contribution in [0.5, 0.6) is 11.5 Å². The molecule has 9 nitrogen and oxygen atoms in total. The van der Waals surface area contributed by atoms with E-state index in [-0.39, 0.29) is 22.2 Å². The SMILES string of the molecule is O=C(Nc1cc(Oc2ccc(Cl)cc2Cl)cc([N+](=O)[O-])c1)c1cc2nc(C(F)F)cc(C(F)F)n2n1. The van der Waals surface area contributed by atoms with Crippen LogP contribution in [0.1, 0.15) is 34.7 Å². The lowest BCUT2D eigenvalue weighted by Gasteiger charge is -2.10. The molecule has 0 radical (unpaired) electrons. The van der Waals surface area contributed by atoms with E-state index in [1.54, 1.807) is 0 Å². The van der Waals surface area contributed by atoms with Crippen molar-refractivity contribution < 1.29 is 32.0 Å². The van der Waals surface area contributed by atoms with Gasteiger partial charge in [-0.3, -0.25) is 14.9 Å². The Morgan fingerprint density at radius 1 is 1.06 bits per heavy atom. The minimum Gasteiger partial charge on any atom is -0.455 e. The summed E-state index contributed by atoms with van der Waals surface area (Å²) < 4.78 is 58.9. The van der Waals surface area contributed by atoms with Gasteiger partial charge in [0.15, 0.2) is 11.3 Å². The van der Waals surface area contributed by atoms with E-state index in [4.69, 9.17) is 27.9 Å². The topological polar surface area (TPSA) is 112 Å². The van der Waals surface area contributed by atoms with Gasteiger partial charge >= 0.3 is 0 Å². The van der Waals surface area contributed by atoms with Crippen LogP contribution < -0.4 is 10.1 Å². The maximum atomic E-state index is 13.4. The second-order valence-electron chi connectivity index (χ2n) is 7.11. The Labute approximate surface area is 208 Å². The van der Waals surface area contributed by atoms with E-state index in [1.807, 2.05) is 0 Å². The van der Waals surface area contributed by atoms with Crippen LogP contribution in [0.2, 0.25) is 10.0 Å². The van der Waals surface area contributed by atoms with Crippen molar-refractivity contribution >= 4 is 46.1 Å². The van der Waals surface area contributed by atoms with Crippen LogP contribution in [0.4, 0.5) is 28.9 Å². The number of amides is 1. The summed E-state index contributed by atoms with van der Waals surface area (Å²) in [5.41, 5.74) is -3.22. The van der Waals surface area contributed by atoms with Crippen molar-refractivity contribution in [1.82, 2.24) is 14.6 Å². The molecule has 186 valence electrons. The molecule has 2 heterocycles. The molecule has 36 heavy (non-hydrogen) atoms. The molecule has 4 aromatic rings. The summed E-state index contributed by atoms with van der Waals surface area (Å²) in [6.07, 6.45) is -6.31. The Kier molecular flexibility index (Phi) is 6.95. The molecule has 0 atom stereocenters. The Morgan fingerprint density at radius 3 is 2.44 bits per heavy atom. The molecule has 1 N–H and O–H groups in total. The summed E-state index contributed by atoms with van der Waals surface area (Å²) >= 11 is 11.9. The fourth-order valence-corrected chi connectivity index (χ4v) is 3.54. The van der Waals surface area contributed by atoms with Gasteiger partial charge in [0, 0.05) is 23.2 Å². The van der Waals surface area contributed by atoms with Crippen LogP contribution in [-0.2, 0) is 0 Å². The van der Waals surface area contributed by atoms with Crippen molar-refractivity contribution in [1.29, 1.82) is 0 Å². The molecule has 1 amide bonds. The summed E-state index contributed by atoms with van der Waals surface area (Å²) in [5.74, 6) is -0.920. The highest BCUT2D eigenvalue weighted by atomic mass is 35.5. The molecule has 15 heteroatoms. The summed E-state index contributed by atoms with van der Waals surface area (Å²) in [4.78, 5) is 26.9. The van der Waals surface area contributed by atoms with E-state index in [9.17, 15) is 32.5 Å². The monoisotopic (exact) mass is 543 g/mol. The molecule has 0 saturated carbocycles. The van der Waals surface area contributed by atoms with Gasteiger partial charge in [0.2, 0.25) is 0 Å². The number of hydrogen-bond donors (Lipinski definition) is 1. The molecule has 0 fully saturated rings. The van der Waals surface area contributed by atoms with Crippen molar-refractivity contribution in [2.45, 2.75) is 12.9 Å². The van der Waals surface area contributed by atoms with Gasteiger partial charge in [-0.25, -0.2) is 27.1 Å². The van der Waals surface area contributed by atoms with Crippen molar-refractivity contribution in [3.8, 4) is 11.5 Å². The lowest BCUT2D eigenvalue weighted by atomic mass is 10.2. The average Bonchev–Trinajstić information content (AvgIpc) is 3.24. The Bertz CT molecular complexity index is 1500. The Hall–Kier alpha value is -3.97. The third-order valence-electron chi connectivity index (χ3n) is 4.64. The highest BCUT2D eigenvalue weighted by Crippen LogP contribution is 2.35. The number of carbonyl (C=O) groups is 1. The first kappa shape index (κ1) is 25.1. The average molecular weight is 544 g/mol. The van der Waals surface area contributed by atoms with Crippen LogP contribution >= 0.6 is 23.2 Å². The standard InChI is InChI=1S/C21H11Cl2F4N5O4/c22-9-1-2-17(13(23)3-9)36-12-5-10(4-11(6-12)32(34)35)28-21(33)15-8-18-29-14(19(24)25)7-16(20(26)27)31(18)30-15/h1-8,19-20H,(H,28,33). The molecule has 0 unspecified atom stereocenters. The van der Waals surface area contributed by atoms with Crippen molar-refractivity contribution in [3.63, 3.8) is 0 Å². The number of fused-ring (bicyclic) bond motifs is 1. The minimum absolute atomic E-state index is 0.0676. The number of halogens is 6. The predicted octanol–water partition coefficient (Wildman–Crippen LogP) is 6.86. The van der Waals surface area contributed by atoms with Gasteiger partial charge in [-0.2, -0.15) is 5.10 Å². The molecule has 0 aliphatic carbocycles. The van der Waals surface area contributed by atoms with Gasteiger partial charge in [0.05, 0.1) is 21.7 Å². The maximum Gasteiger partial charge on any atom is 0.280 e. The molecule has 2 aromatic heterocycles. The Morgan fingerprint density at radius 2 is 1.81 bits per heavy atom. The van der Waals surface area contributed by atoms with Crippen LogP contribution in [0, 0.1) is 10.1 Å². The van der Waals surface area contributed by atoms with Crippen molar-refractivity contribution in [2.24, 2.45) is 0 Å². The molecule has 0 aliphatic heterocycles. The molecule has 0 spiro atoms. The summed E-state index contributed by atoms with van der Waals surface area (Å²) in [6.45, 7) is 0. The number of ether oxygens (including phenoxy) is 1. The Balaban J connectivity index is 1.67. The fraction of sp³-hybridized carbons (Fsp3) is 0.0952. The number of alkyl halides is 4. The van der Waals surface area contributed by atoms with Crippen molar-refractivity contribution in [3.05, 3.63) is 85.8 Å². The van der Waals surface area contributed by atoms with Crippen LogP contribution in [-0.4, -0.2) is 25.4 Å². The molecular weight excluding hydrogens is 533 g/mol. The number of aromatic nitrogens is 3. The number of non-ortho nitro benzene ring substituents is 1. The van der Waals surface area contributed by atoms with Gasteiger partial charge in [-0.1, -0.05) is 23.2 Å². The van der Waals surface area contributed by atoms with E-state index in [1.165, 1.54) is 24.3 Å². The third kappa shape index (κ3) is 5.31. The number of anilines is 1. The van der Waals surface area contributed by atoms with E-state index >= 15 is 0 Å². The predicted molar refractivity (Wildman–Crippen MR) is 120 cm³/mol. The molecule has 0 aliphatic rings. The number of nitro groups is 1.